The van der Waals surface area contributed by atoms with Gasteiger partial charge in [0.25, 0.3) is 0 Å². The Morgan fingerprint density at radius 3 is 2.58 bits per heavy atom. The second-order valence-electron chi connectivity index (χ2n) is 6.68. The van der Waals surface area contributed by atoms with E-state index in [1.165, 1.54) is 11.8 Å². The van der Waals surface area contributed by atoms with Gasteiger partial charge < -0.3 is 20.3 Å². The average molecular weight is 501 g/mol. The molecule has 0 unspecified atom stereocenters. The minimum absolute atomic E-state index is 0.131. The van der Waals surface area contributed by atoms with Crippen LogP contribution in [0.3, 0.4) is 0 Å². The second kappa shape index (κ2) is 10.6. The van der Waals surface area contributed by atoms with Gasteiger partial charge in [-0.1, -0.05) is 52.0 Å². The molecule has 0 atom stereocenters. The quantitative estimate of drug-likeness (QED) is 0.471. The zero-order valence-electron chi connectivity index (χ0n) is 16.6. The summed E-state index contributed by atoms with van der Waals surface area (Å²) in [6, 6.07) is 17.2. The predicted octanol–water partition coefficient (Wildman–Crippen LogP) is 3.95. The van der Waals surface area contributed by atoms with Crippen LogP contribution in [0.5, 0.6) is 0 Å². The number of amides is 1. The van der Waals surface area contributed by atoms with Crippen LogP contribution in [0, 0.1) is 0 Å². The number of anilines is 4. The van der Waals surface area contributed by atoms with E-state index in [9.17, 15) is 4.79 Å². The zero-order chi connectivity index (χ0) is 21.5. The molecule has 0 bridgehead atoms. The van der Waals surface area contributed by atoms with Crippen LogP contribution >= 0.6 is 27.7 Å². The molecule has 2 aromatic carbocycles. The summed E-state index contributed by atoms with van der Waals surface area (Å²) in [6.45, 7) is 2.68. The van der Waals surface area contributed by atoms with E-state index in [4.69, 9.17) is 4.74 Å². The van der Waals surface area contributed by atoms with Crippen molar-refractivity contribution in [1.29, 1.82) is 0 Å². The van der Waals surface area contributed by atoms with Crippen molar-refractivity contribution in [2.45, 2.75) is 5.16 Å². The Morgan fingerprint density at radius 1 is 1.03 bits per heavy atom. The number of hydrogen-bond acceptors (Lipinski definition) is 8. The number of halogens is 1. The summed E-state index contributed by atoms with van der Waals surface area (Å²) in [6.07, 6.45) is 0. The molecule has 160 valence electrons. The molecule has 31 heavy (non-hydrogen) atoms. The fraction of sp³-hybridized carbons (Fsp3) is 0.238. The monoisotopic (exact) mass is 500 g/mol. The molecular weight excluding hydrogens is 480 g/mol. The minimum Gasteiger partial charge on any atom is -0.378 e. The number of para-hydroxylation sites is 1. The van der Waals surface area contributed by atoms with Crippen molar-refractivity contribution >= 4 is 56.9 Å². The van der Waals surface area contributed by atoms with Gasteiger partial charge in [-0.05, 0) is 30.3 Å². The van der Waals surface area contributed by atoms with Crippen molar-refractivity contribution in [1.82, 2.24) is 15.0 Å². The Kier molecular flexibility index (Phi) is 7.34. The van der Waals surface area contributed by atoms with E-state index < -0.39 is 0 Å². The zero-order valence-corrected chi connectivity index (χ0v) is 19.0. The highest BCUT2D eigenvalue weighted by molar-refractivity contribution is 9.10. The van der Waals surface area contributed by atoms with E-state index in [-0.39, 0.29) is 11.7 Å². The van der Waals surface area contributed by atoms with Crippen molar-refractivity contribution in [3.63, 3.8) is 0 Å². The summed E-state index contributed by atoms with van der Waals surface area (Å²) in [5.41, 5.74) is 1.61. The number of hydrogen-bond donors (Lipinski definition) is 2. The van der Waals surface area contributed by atoms with E-state index in [0.717, 1.165) is 15.8 Å². The van der Waals surface area contributed by atoms with Crippen molar-refractivity contribution < 1.29 is 9.53 Å². The van der Waals surface area contributed by atoms with Crippen LogP contribution in [0.4, 0.5) is 23.3 Å². The van der Waals surface area contributed by atoms with Crippen molar-refractivity contribution in [2.24, 2.45) is 0 Å². The number of nitrogens with zero attached hydrogens (tertiary/aromatic N) is 4. The highest BCUT2D eigenvalue weighted by Gasteiger charge is 2.17. The first-order valence-corrected chi connectivity index (χ1v) is 11.5. The third-order valence-corrected chi connectivity index (χ3v) is 5.71. The maximum atomic E-state index is 12.4. The largest absolute Gasteiger partial charge is 0.378 e. The molecule has 1 aromatic heterocycles. The maximum Gasteiger partial charge on any atom is 0.234 e. The van der Waals surface area contributed by atoms with Gasteiger partial charge in [-0.25, -0.2) is 0 Å². The van der Waals surface area contributed by atoms with Gasteiger partial charge in [0.05, 0.1) is 19.0 Å². The fourth-order valence-corrected chi connectivity index (χ4v) is 3.94. The van der Waals surface area contributed by atoms with Gasteiger partial charge in [0.1, 0.15) is 0 Å². The van der Waals surface area contributed by atoms with E-state index in [1.807, 2.05) is 54.6 Å². The van der Waals surface area contributed by atoms with E-state index >= 15 is 0 Å². The molecule has 1 aliphatic rings. The number of rotatable bonds is 7. The Bertz CT molecular complexity index is 1030. The number of carbonyl (C=O) groups is 1. The molecule has 1 saturated heterocycles. The molecule has 0 radical (unpaired) electrons. The molecule has 0 spiro atoms. The van der Waals surface area contributed by atoms with Crippen LogP contribution in [0.25, 0.3) is 0 Å². The average Bonchev–Trinajstić information content (AvgIpc) is 2.79. The lowest BCUT2D eigenvalue weighted by Crippen LogP contribution is -2.37. The van der Waals surface area contributed by atoms with Gasteiger partial charge in [-0.2, -0.15) is 15.0 Å². The summed E-state index contributed by atoms with van der Waals surface area (Å²) in [7, 11) is 0. The topological polar surface area (TPSA) is 92.3 Å². The van der Waals surface area contributed by atoms with Gasteiger partial charge in [-0.3, -0.25) is 4.79 Å². The van der Waals surface area contributed by atoms with Crippen LogP contribution in [-0.2, 0) is 9.53 Å². The van der Waals surface area contributed by atoms with Gasteiger partial charge in [0.15, 0.2) is 5.16 Å². The third kappa shape index (κ3) is 6.39. The molecule has 1 fully saturated rings. The van der Waals surface area contributed by atoms with E-state index in [0.29, 0.717) is 43.4 Å². The van der Waals surface area contributed by atoms with Crippen LogP contribution in [0.15, 0.2) is 64.2 Å². The lowest BCUT2D eigenvalue weighted by Gasteiger charge is -2.27. The molecule has 3 aromatic rings. The molecule has 1 amide bonds. The summed E-state index contributed by atoms with van der Waals surface area (Å²) in [5, 5.41) is 6.59. The Balaban J connectivity index is 1.48. The smallest absolute Gasteiger partial charge is 0.234 e. The molecule has 4 rings (SSSR count). The fourth-order valence-electron chi connectivity index (χ4n) is 2.92. The molecular formula is C21H21BrN6O2S. The summed E-state index contributed by atoms with van der Waals surface area (Å²) in [5.74, 6) is 1.07. The number of ether oxygens (including phenoxy) is 1. The van der Waals surface area contributed by atoms with Crippen LogP contribution in [0.2, 0.25) is 0 Å². The summed E-state index contributed by atoms with van der Waals surface area (Å²) >= 11 is 4.68. The number of benzene rings is 2. The molecule has 0 saturated carbocycles. The Hall–Kier alpha value is -2.69. The van der Waals surface area contributed by atoms with Crippen molar-refractivity contribution in [2.75, 3.05) is 47.6 Å². The summed E-state index contributed by atoms with van der Waals surface area (Å²) in [4.78, 5) is 28.1. The van der Waals surface area contributed by atoms with Gasteiger partial charge in [0, 0.05) is 28.9 Å². The first-order chi connectivity index (χ1) is 15.2. The number of morpholine rings is 1. The molecule has 10 heteroatoms. The number of thioether (sulfide) groups is 1. The normalized spacial score (nSPS) is 13.6. The molecule has 8 nitrogen and oxygen atoms in total. The standard InChI is InChI=1S/C21H21BrN6O2S/c22-15-5-4-8-17(13-15)23-18(29)14-31-21-26-19(24-16-6-2-1-3-7-16)25-20(27-21)28-9-11-30-12-10-28/h1-8,13H,9-12,14H2,(H,23,29)(H,24,25,26,27). The second-order valence-corrected chi connectivity index (χ2v) is 8.54. The Labute approximate surface area is 193 Å². The van der Waals surface area contributed by atoms with Gasteiger partial charge in [-0.15, -0.1) is 0 Å². The van der Waals surface area contributed by atoms with Crippen LogP contribution in [-0.4, -0.2) is 52.9 Å². The molecule has 2 heterocycles. The Morgan fingerprint density at radius 2 is 1.81 bits per heavy atom. The van der Waals surface area contributed by atoms with Crippen LogP contribution < -0.4 is 15.5 Å². The van der Waals surface area contributed by atoms with Crippen molar-refractivity contribution in [3.8, 4) is 0 Å². The molecule has 1 aliphatic heterocycles. The maximum absolute atomic E-state index is 12.4. The number of carbonyl (C=O) groups excluding carboxylic acids is 1. The number of aromatic nitrogens is 3. The van der Waals surface area contributed by atoms with Crippen LogP contribution in [0.1, 0.15) is 0 Å². The van der Waals surface area contributed by atoms with E-state index in [2.05, 4.69) is 46.4 Å². The lowest BCUT2D eigenvalue weighted by molar-refractivity contribution is -0.113. The minimum atomic E-state index is -0.131. The van der Waals surface area contributed by atoms with E-state index in [1.54, 1.807) is 0 Å². The highest BCUT2D eigenvalue weighted by atomic mass is 79.9. The van der Waals surface area contributed by atoms with Gasteiger partial charge >= 0.3 is 0 Å². The molecule has 2 N–H and O–H groups in total. The number of nitrogens with one attached hydrogen (secondary N) is 2. The SMILES string of the molecule is O=C(CSc1nc(Nc2ccccc2)nc(N2CCOCC2)n1)Nc1cccc(Br)c1. The van der Waals surface area contributed by atoms with Gasteiger partial charge in [0.2, 0.25) is 17.8 Å². The van der Waals surface area contributed by atoms with Crippen molar-refractivity contribution in [3.05, 3.63) is 59.1 Å². The predicted molar refractivity (Wildman–Crippen MR) is 126 cm³/mol. The highest BCUT2D eigenvalue weighted by Crippen LogP contribution is 2.22. The summed E-state index contributed by atoms with van der Waals surface area (Å²) < 4.78 is 6.34. The molecule has 0 aliphatic carbocycles. The lowest BCUT2D eigenvalue weighted by atomic mass is 10.3. The third-order valence-electron chi connectivity index (χ3n) is 4.37. The first-order valence-electron chi connectivity index (χ1n) is 9.75. The first kappa shape index (κ1) is 21.5.